The molecule has 0 heterocycles. The number of nitrogens with zero attached hydrogens (tertiary/aromatic N) is 2. The molecule has 0 aromatic heterocycles. The molecule has 0 aliphatic heterocycles. The molecule has 26 heavy (non-hydrogen) atoms. The number of ether oxygens (including phenoxy) is 1. The van der Waals surface area contributed by atoms with E-state index in [4.69, 9.17) is 10.00 Å². The Morgan fingerprint density at radius 1 is 1.19 bits per heavy atom. The summed E-state index contributed by atoms with van der Waals surface area (Å²) in [4.78, 5) is 12.4. The van der Waals surface area contributed by atoms with Gasteiger partial charge in [0.15, 0.2) is 6.61 Å². The number of rotatable bonds is 5. The van der Waals surface area contributed by atoms with Gasteiger partial charge in [0.2, 0.25) is 0 Å². The van der Waals surface area contributed by atoms with Crippen LogP contribution >= 0.6 is 15.9 Å². The largest absolute Gasteiger partial charge is 0.478 e. The van der Waals surface area contributed by atoms with Crippen molar-refractivity contribution in [3.05, 3.63) is 63.1 Å². The van der Waals surface area contributed by atoms with Gasteiger partial charge in [-0.3, -0.25) is 4.79 Å². The Balaban J connectivity index is 2.20. The molecule has 1 N–H and O–H groups in total. The highest BCUT2D eigenvalue weighted by atomic mass is 79.9. The summed E-state index contributed by atoms with van der Waals surface area (Å²) in [5.41, 5.74) is 3.47. The second-order valence-electron chi connectivity index (χ2n) is 5.56. The van der Waals surface area contributed by atoms with Crippen molar-refractivity contribution in [1.82, 2.24) is 0 Å². The number of nitrogens with one attached hydrogen (secondary N) is 1. The van der Waals surface area contributed by atoms with Crippen LogP contribution in [0.4, 0.5) is 5.69 Å². The summed E-state index contributed by atoms with van der Waals surface area (Å²) in [6.45, 7) is 3.89. The van der Waals surface area contributed by atoms with Gasteiger partial charge in [-0.25, -0.2) is 0 Å². The second-order valence-corrected chi connectivity index (χ2v) is 6.41. The third kappa shape index (κ3) is 4.95. The first-order valence-electron chi connectivity index (χ1n) is 7.74. The Bertz CT molecular complexity index is 953. The van der Waals surface area contributed by atoms with Crippen molar-refractivity contribution in [2.45, 2.75) is 13.8 Å². The van der Waals surface area contributed by atoms with E-state index in [-0.39, 0.29) is 12.2 Å². The summed E-state index contributed by atoms with van der Waals surface area (Å²) in [7, 11) is 0. The molecule has 0 bridgehead atoms. The fourth-order valence-electron chi connectivity index (χ4n) is 2.17. The topological polar surface area (TPSA) is 85.9 Å². The Morgan fingerprint density at radius 2 is 1.96 bits per heavy atom. The Hall–Kier alpha value is -3.09. The minimum atomic E-state index is -0.475. The molecule has 0 unspecified atom stereocenters. The zero-order chi connectivity index (χ0) is 19.1. The predicted octanol–water partition coefficient (Wildman–Crippen LogP) is 4.51. The summed E-state index contributed by atoms with van der Waals surface area (Å²) in [5, 5.41) is 20.6. The molecule has 2 rings (SSSR count). The molecule has 5 nitrogen and oxygen atoms in total. The van der Waals surface area contributed by atoms with Gasteiger partial charge in [0.05, 0.1) is 4.47 Å². The summed E-state index contributed by atoms with van der Waals surface area (Å²) in [6.07, 6.45) is 1.50. The van der Waals surface area contributed by atoms with Crippen LogP contribution in [-0.4, -0.2) is 12.5 Å². The van der Waals surface area contributed by atoms with Crippen LogP contribution in [0.1, 0.15) is 16.7 Å². The SMILES string of the molecule is Cc1ccc(NC(=O)/C(C#N)=C/c2ccc(OCC#N)c(Br)c2)cc1C. The molecule has 0 fully saturated rings. The van der Waals surface area contributed by atoms with E-state index < -0.39 is 5.91 Å². The normalized spacial score (nSPS) is 10.6. The molecule has 2 aromatic rings. The van der Waals surface area contributed by atoms with Crippen LogP contribution in [0.15, 0.2) is 46.4 Å². The maximum Gasteiger partial charge on any atom is 0.266 e. The molecule has 6 heteroatoms. The van der Waals surface area contributed by atoms with Crippen molar-refractivity contribution < 1.29 is 9.53 Å². The lowest BCUT2D eigenvalue weighted by atomic mass is 10.1. The van der Waals surface area contributed by atoms with Crippen LogP contribution in [0.5, 0.6) is 5.75 Å². The van der Waals surface area contributed by atoms with E-state index in [0.717, 1.165) is 11.1 Å². The van der Waals surface area contributed by atoms with E-state index in [2.05, 4.69) is 21.2 Å². The first-order chi connectivity index (χ1) is 12.4. The molecule has 0 saturated heterocycles. The second kappa shape index (κ2) is 8.84. The highest BCUT2D eigenvalue weighted by molar-refractivity contribution is 9.10. The number of carbonyl (C=O) groups excluding carboxylic acids is 1. The molecular formula is C20H16BrN3O2. The van der Waals surface area contributed by atoms with Gasteiger partial charge in [0.1, 0.15) is 23.5 Å². The fourth-order valence-corrected chi connectivity index (χ4v) is 2.68. The Kier molecular flexibility index (Phi) is 6.54. The lowest BCUT2D eigenvalue weighted by Gasteiger charge is -2.08. The molecular weight excluding hydrogens is 394 g/mol. The van der Waals surface area contributed by atoms with Gasteiger partial charge in [-0.1, -0.05) is 12.1 Å². The van der Waals surface area contributed by atoms with Crippen LogP contribution < -0.4 is 10.1 Å². The molecule has 1 amide bonds. The third-order valence-electron chi connectivity index (χ3n) is 3.69. The van der Waals surface area contributed by atoms with Crippen molar-refractivity contribution in [3.8, 4) is 17.9 Å². The number of carbonyl (C=O) groups is 1. The first kappa shape index (κ1) is 19.2. The van der Waals surface area contributed by atoms with Gasteiger partial charge >= 0.3 is 0 Å². The highest BCUT2D eigenvalue weighted by Gasteiger charge is 2.11. The standard InChI is InChI=1S/C20H16BrN3O2/c1-13-3-5-17(9-14(13)2)24-20(25)16(12-23)10-15-4-6-19(18(21)11-15)26-8-7-22/h3-6,9-11H,8H2,1-2H3,(H,24,25)/b16-10+. The van der Waals surface area contributed by atoms with Gasteiger partial charge in [-0.2, -0.15) is 10.5 Å². The summed E-state index contributed by atoms with van der Waals surface area (Å²) < 4.78 is 5.88. The molecule has 0 spiro atoms. The van der Waals surface area contributed by atoms with Crippen LogP contribution in [0, 0.1) is 36.5 Å². The molecule has 0 radical (unpaired) electrons. The molecule has 2 aromatic carbocycles. The van der Waals surface area contributed by atoms with Crippen molar-refractivity contribution in [2.24, 2.45) is 0 Å². The van der Waals surface area contributed by atoms with Crippen molar-refractivity contribution in [3.63, 3.8) is 0 Å². The number of nitriles is 2. The quantitative estimate of drug-likeness (QED) is 0.580. The van der Waals surface area contributed by atoms with Crippen LogP contribution in [0.2, 0.25) is 0 Å². The smallest absolute Gasteiger partial charge is 0.266 e. The first-order valence-corrected chi connectivity index (χ1v) is 8.53. The maximum absolute atomic E-state index is 12.4. The van der Waals surface area contributed by atoms with E-state index in [1.165, 1.54) is 6.08 Å². The van der Waals surface area contributed by atoms with Gasteiger partial charge < -0.3 is 10.1 Å². The highest BCUT2D eigenvalue weighted by Crippen LogP contribution is 2.27. The van der Waals surface area contributed by atoms with Gasteiger partial charge in [0.25, 0.3) is 5.91 Å². The summed E-state index contributed by atoms with van der Waals surface area (Å²) >= 11 is 3.35. The van der Waals surface area contributed by atoms with Gasteiger partial charge in [0, 0.05) is 5.69 Å². The number of amides is 1. The van der Waals surface area contributed by atoms with Gasteiger partial charge in [-0.05, 0) is 76.8 Å². The molecule has 0 aliphatic carbocycles. The number of aryl methyl sites for hydroxylation is 2. The van der Waals surface area contributed by atoms with E-state index in [1.807, 2.05) is 38.1 Å². The molecule has 0 aliphatic rings. The predicted molar refractivity (Wildman–Crippen MR) is 103 cm³/mol. The van der Waals surface area contributed by atoms with Crippen molar-refractivity contribution >= 4 is 33.6 Å². The third-order valence-corrected chi connectivity index (χ3v) is 4.31. The van der Waals surface area contributed by atoms with E-state index in [9.17, 15) is 10.1 Å². The Morgan fingerprint density at radius 3 is 2.58 bits per heavy atom. The monoisotopic (exact) mass is 409 g/mol. The summed E-state index contributed by atoms with van der Waals surface area (Å²) in [6, 6.07) is 14.5. The Labute approximate surface area is 160 Å². The molecule has 130 valence electrons. The lowest BCUT2D eigenvalue weighted by Crippen LogP contribution is -2.13. The van der Waals surface area contributed by atoms with Crippen molar-refractivity contribution in [1.29, 1.82) is 10.5 Å². The number of hydrogen-bond acceptors (Lipinski definition) is 4. The minimum absolute atomic E-state index is 0.0131. The number of anilines is 1. The van der Waals surface area contributed by atoms with E-state index in [0.29, 0.717) is 21.5 Å². The number of halogens is 1. The van der Waals surface area contributed by atoms with Crippen LogP contribution in [-0.2, 0) is 4.79 Å². The zero-order valence-corrected chi connectivity index (χ0v) is 15.9. The average molecular weight is 410 g/mol. The van der Waals surface area contributed by atoms with Crippen LogP contribution in [0.3, 0.4) is 0 Å². The van der Waals surface area contributed by atoms with E-state index >= 15 is 0 Å². The van der Waals surface area contributed by atoms with Crippen LogP contribution in [0.25, 0.3) is 6.08 Å². The summed E-state index contributed by atoms with van der Waals surface area (Å²) in [5.74, 6) is 0.0403. The van der Waals surface area contributed by atoms with Crippen molar-refractivity contribution in [2.75, 3.05) is 11.9 Å². The van der Waals surface area contributed by atoms with E-state index in [1.54, 1.807) is 24.3 Å². The number of hydrogen-bond donors (Lipinski definition) is 1. The maximum atomic E-state index is 12.4. The molecule has 0 atom stereocenters. The minimum Gasteiger partial charge on any atom is -0.478 e. The zero-order valence-electron chi connectivity index (χ0n) is 14.3. The van der Waals surface area contributed by atoms with Gasteiger partial charge in [-0.15, -0.1) is 0 Å². The lowest BCUT2D eigenvalue weighted by molar-refractivity contribution is -0.112. The fraction of sp³-hybridized carbons (Fsp3) is 0.150. The molecule has 0 saturated carbocycles. The average Bonchev–Trinajstić information content (AvgIpc) is 2.62. The number of benzene rings is 2.